The quantitative estimate of drug-likeness (QED) is 0.710. The Morgan fingerprint density at radius 3 is 2.54 bits per heavy atom. The molecule has 1 aliphatic heterocycles. The second kappa shape index (κ2) is 9.88. The molecule has 0 spiro atoms. The average molecular weight is 381 g/mol. The van der Waals surface area contributed by atoms with Crippen LogP contribution in [0.25, 0.3) is 11.3 Å². The van der Waals surface area contributed by atoms with Crippen molar-refractivity contribution >= 4 is 17.7 Å². The van der Waals surface area contributed by atoms with Gasteiger partial charge in [-0.15, -0.1) is 0 Å². The summed E-state index contributed by atoms with van der Waals surface area (Å²) in [7, 11) is 0. The summed E-state index contributed by atoms with van der Waals surface area (Å²) in [5.41, 5.74) is 7.09. The van der Waals surface area contributed by atoms with Crippen LogP contribution >= 0.6 is 0 Å². The molecule has 3 rings (SSSR count). The van der Waals surface area contributed by atoms with Gasteiger partial charge in [0.2, 0.25) is 0 Å². The minimum Gasteiger partial charge on any atom is -0.456 e. The number of pyridine rings is 1. The number of hydrogen-bond donors (Lipinski definition) is 1. The topological polar surface area (TPSA) is 85.5 Å². The van der Waals surface area contributed by atoms with Crippen molar-refractivity contribution in [2.24, 2.45) is 11.7 Å². The molecular formula is C22H27N3O3. The molecule has 0 saturated carbocycles. The van der Waals surface area contributed by atoms with Gasteiger partial charge in [0.15, 0.2) is 6.61 Å². The van der Waals surface area contributed by atoms with E-state index < -0.39 is 5.91 Å². The third kappa shape index (κ3) is 5.81. The first-order chi connectivity index (χ1) is 13.6. The van der Waals surface area contributed by atoms with Crippen molar-refractivity contribution in [1.82, 2.24) is 4.98 Å². The van der Waals surface area contributed by atoms with Crippen LogP contribution in [-0.4, -0.2) is 36.6 Å². The lowest BCUT2D eigenvalue weighted by molar-refractivity contribution is -0.147. The summed E-state index contributed by atoms with van der Waals surface area (Å²) in [5, 5.41) is 0. The largest absolute Gasteiger partial charge is 0.456 e. The summed E-state index contributed by atoms with van der Waals surface area (Å²) in [6.07, 6.45) is 4.30. The molecule has 0 atom stereocenters. The van der Waals surface area contributed by atoms with Crippen LogP contribution in [0, 0.1) is 5.92 Å². The van der Waals surface area contributed by atoms with E-state index in [1.165, 1.54) is 0 Å². The summed E-state index contributed by atoms with van der Waals surface area (Å²) >= 11 is 0. The number of hydrogen-bond acceptors (Lipinski definition) is 5. The van der Waals surface area contributed by atoms with Crippen LogP contribution in [0.4, 0.5) is 5.82 Å². The number of rotatable bonds is 8. The van der Waals surface area contributed by atoms with E-state index in [0.717, 1.165) is 55.8 Å². The Labute approximate surface area is 165 Å². The number of aromatic nitrogens is 1. The third-order valence-corrected chi connectivity index (χ3v) is 5.11. The van der Waals surface area contributed by atoms with Gasteiger partial charge in [-0.2, -0.15) is 0 Å². The predicted molar refractivity (Wildman–Crippen MR) is 109 cm³/mol. The number of primary amides is 1. The van der Waals surface area contributed by atoms with E-state index in [-0.39, 0.29) is 12.6 Å². The minimum absolute atomic E-state index is 0.327. The highest BCUT2D eigenvalue weighted by Crippen LogP contribution is 2.27. The average Bonchev–Trinajstić information content (AvgIpc) is 2.73. The molecule has 0 unspecified atom stereocenters. The zero-order valence-electron chi connectivity index (χ0n) is 16.0. The lowest BCUT2D eigenvalue weighted by atomic mass is 9.91. The van der Waals surface area contributed by atoms with Crippen molar-refractivity contribution in [3.63, 3.8) is 0 Å². The maximum absolute atomic E-state index is 11.5. The van der Waals surface area contributed by atoms with Gasteiger partial charge in [-0.05, 0) is 43.7 Å². The van der Waals surface area contributed by atoms with Crippen molar-refractivity contribution in [3.8, 4) is 11.3 Å². The summed E-state index contributed by atoms with van der Waals surface area (Å²) in [5.74, 6) is 0.663. The molecule has 1 amide bonds. The molecule has 0 radical (unpaired) electrons. The molecule has 2 N–H and O–H groups in total. The van der Waals surface area contributed by atoms with Gasteiger partial charge in [-0.3, -0.25) is 9.59 Å². The van der Waals surface area contributed by atoms with Crippen LogP contribution in [0.5, 0.6) is 0 Å². The van der Waals surface area contributed by atoms with Gasteiger partial charge in [-0.1, -0.05) is 36.4 Å². The number of amides is 1. The molecule has 1 fully saturated rings. The molecule has 2 heterocycles. The van der Waals surface area contributed by atoms with E-state index in [9.17, 15) is 9.59 Å². The molecule has 0 bridgehead atoms. The van der Waals surface area contributed by atoms with Crippen molar-refractivity contribution in [1.29, 1.82) is 0 Å². The zero-order valence-corrected chi connectivity index (χ0v) is 16.0. The lowest BCUT2D eigenvalue weighted by Gasteiger charge is -2.33. The summed E-state index contributed by atoms with van der Waals surface area (Å²) < 4.78 is 4.79. The van der Waals surface area contributed by atoms with E-state index in [4.69, 9.17) is 15.5 Å². The van der Waals surface area contributed by atoms with Gasteiger partial charge < -0.3 is 15.4 Å². The number of anilines is 1. The summed E-state index contributed by atoms with van der Waals surface area (Å²) in [6, 6.07) is 16.4. The molecule has 6 heteroatoms. The van der Waals surface area contributed by atoms with Crippen molar-refractivity contribution < 1.29 is 14.3 Å². The molecule has 28 heavy (non-hydrogen) atoms. The maximum atomic E-state index is 11.5. The Morgan fingerprint density at radius 2 is 1.82 bits per heavy atom. The lowest BCUT2D eigenvalue weighted by Crippen LogP contribution is -2.34. The zero-order chi connectivity index (χ0) is 19.8. The first-order valence-electron chi connectivity index (χ1n) is 9.83. The SMILES string of the molecule is NC(=O)COC(=O)CCCC1CCN(c2cccc(-c3ccccc3)n2)CC1. The highest BCUT2D eigenvalue weighted by Gasteiger charge is 2.20. The van der Waals surface area contributed by atoms with E-state index >= 15 is 0 Å². The minimum atomic E-state index is -0.620. The molecule has 6 nitrogen and oxygen atoms in total. The van der Waals surface area contributed by atoms with Crippen LogP contribution in [0.1, 0.15) is 32.1 Å². The van der Waals surface area contributed by atoms with Gasteiger partial charge in [0.1, 0.15) is 5.82 Å². The van der Waals surface area contributed by atoms with E-state index in [0.29, 0.717) is 12.3 Å². The Bertz CT molecular complexity index is 787. The van der Waals surface area contributed by atoms with E-state index in [2.05, 4.69) is 29.2 Å². The fourth-order valence-electron chi connectivity index (χ4n) is 3.58. The molecule has 2 aromatic rings. The van der Waals surface area contributed by atoms with Crippen molar-refractivity contribution in [2.75, 3.05) is 24.6 Å². The Kier molecular flexibility index (Phi) is 7.00. The van der Waals surface area contributed by atoms with Gasteiger partial charge in [0.25, 0.3) is 5.91 Å². The second-order valence-electron chi connectivity index (χ2n) is 7.20. The highest BCUT2D eigenvalue weighted by atomic mass is 16.5. The third-order valence-electron chi connectivity index (χ3n) is 5.11. The number of esters is 1. The molecule has 1 aromatic carbocycles. The predicted octanol–water partition coefficient (Wildman–Crippen LogP) is 3.16. The van der Waals surface area contributed by atoms with Crippen LogP contribution in [0.15, 0.2) is 48.5 Å². The van der Waals surface area contributed by atoms with Crippen LogP contribution < -0.4 is 10.6 Å². The number of ether oxygens (including phenoxy) is 1. The van der Waals surface area contributed by atoms with Gasteiger partial charge in [0.05, 0.1) is 5.69 Å². The monoisotopic (exact) mass is 381 g/mol. The van der Waals surface area contributed by atoms with Crippen LogP contribution in [0.3, 0.4) is 0 Å². The number of carbonyl (C=O) groups excluding carboxylic acids is 2. The molecule has 1 saturated heterocycles. The molecular weight excluding hydrogens is 354 g/mol. The van der Waals surface area contributed by atoms with E-state index in [1.54, 1.807) is 0 Å². The fourth-order valence-corrected chi connectivity index (χ4v) is 3.58. The Morgan fingerprint density at radius 1 is 1.07 bits per heavy atom. The molecule has 1 aliphatic rings. The van der Waals surface area contributed by atoms with Gasteiger partial charge >= 0.3 is 5.97 Å². The molecule has 1 aromatic heterocycles. The van der Waals surface area contributed by atoms with Crippen molar-refractivity contribution in [3.05, 3.63) is 48.5 Å². The summed E-state index contributed by atoms with van der Waals surface area (Å²) in [6.45, 7) is 1.62. The highest BCUT2D eigenvalue weighted by molar-refractivity contribution is 5.78. The molecule has 0 aliphatic carbocycles. The van der Waals surface area contributed by atoms with E-state index in [1.807, 2.05) is 24.3 Å². The van der Waals surface area contributed by atoms with Gasteiger partial charge in [-0.25, -0.2) is 4.98 Å². The fraction of sp³-hybridized carbons (Fsp3) is 0.409. The number of nitrogens with two attached hydrogens (primary N) is 1. The number of nitrogens with zero attached hydrogens (tertiary/aromatic N) is 2. The standard InChI is InChI=1S/C22H27N3O3/c23-20(26)16-28-22(27)11-4-6-17-12-14-25(15-13-17)21-10-5-9-19(24-21)18-7-2-1-3-8-18/h1-3,5,7-10,17H,4,6,11-16H2,(H2,23,26). The smallest absolute Gasteiger partial charge is 0.306 e. The normalized spacial score (nSPS) is 14.6. The Balaban J connectivity index is 1.44. The first-order valence-corrected chi connectivity index (χ1v) is 9.83. The molecule has 148 valence electrons. The number of carbonyl (C=O) groups is 2. The summed E-state index contributed by atoms with van der Waals surface area (Å²) in [4.78, 5) is 29.3. The second-order valence-corrected chi connectivity index (χ2v) is 7.20. The van der Waals surface area contributed by atoms with Crippen LogP contribution in [0.2, 0.25) is 0 Å². The van der Waals surface area contributed by atoms with Gasteiger partial charge in [0, 0.05) is 25.1 Å². The number of benzene rings is 1. The van der Waals surface area contributed by atoms with Crippen LogP contribution in [-0.2, 0) is 14.3 Å². The first kappa shape index (κ1) is 19.9. The maximum Gasteiger partial charge on any atom is 0.306 e. The van der Waals surface area contributed by atoms with Crippen molar-refractivity contribution in [2.45, 2.75) is 32.1 Å². The number of piperidine rings is 1. The Hall–Kier alpha value is -2.89.